The first kappa shape index (κ1) is 11.5. The topological polar surface area (TPSA) is 46.0 Å². The van der Waals surface area contributed by atoms with Crippen molar-refractivity contribution in [2.75, 3.05) is 0 Å². The van der Waals surface area contributed by atoms with Gasteiger partial charge in [-0.25, -0.2) is 9.97 Å². The predicted octanol–water partition coefficient (Wildman–Crippen LogP) is 1.34. The van der Waals surface area contributed by atoms with Gasteiger partial charge in [0.1, 0.15) is 12.0 Å². The SMILES string of the molecule is C#CC(C)(O)c1cc(C(F)(F)F)ncn1. The number of halogens is 3. The Bertz CT molecular complexity index is 407. The maximum atomic E-state index is 12.2. The van der Waals surface area contributed by atoms with Gasteiger partial charge in [0, 0.05) is 0 Å². The minimum atomic E-state index is -4.58. The number of alkyl halides is 3. The monoisotopic (exact) mass is 216 g/mol. The van der Waals surface area contributed by atoms with E-state index in [1.165, 1.54) is 6.92 Å². The van der Waals surface area contributed by atoms with Gasteiger partial charge < -0.3 is 5.11 Å². The smallest absolute Gasteiger partial charge is 0.372 e. The van der Waals surface area contributed by atoms with Crippen LogP contribution in [-0.4, -0.2) is 15.1 Å². The second-order valence-electron chi connectivity index (χ2n) is 3.00. The number of aromatic nitrogens is 2. The van der Waals surface area contributed by atoms with Gasteiger partial charge >= 0.3 is 6.18 Å². The lowest BCUT2D eigenvalue weighted by Crippen LogP contribution is -2.21. The second-order valence-corrected chi connectivity index (χ2v) is 3.00. The van der Waals surface area contributed by atoms with Crippen molar-refractivity contribution in [1.29, 1.82) is 0 Å². The Balaban J connectivity index is 3.22. The zero-order valence-corrected chi connectivity index (χ0v) is 7.71. The molecule has 1 unspecified atom stereocenters. The zero-order chi connectivity index (χ0) is 11.7. The number of aliphatic hydroxyl groups is 1. The summed E-state index contributed by atoms with van der Waals surface area (Å²) < 4.78 is 36.7. The summed E-state index contributed by atoms with van der Waals surface area (Å²) in [5.74, 6) is 1.93. The first-order valence-corrected chi connectivity index (χ1v) is 3.87. The third kappa shape index (κ3) is 2.44. The summed E-state index contributed by atoms with van der Waals surface area (Å²) in [4.78, 5) is 6.53. The van der Waals surface area contributed by atoms with Crippen molar-refractivity contribution >= 4 is 0 Å². The number of nitrogens with zero attached hydrogens (tertiary/aromatic N) is 2. The molecule has 1 heterocycles. The Labute approximate surface area is 84.0 Å². The van der Waals surface area contributed by atoms with Gasteiger partial charge in [-0.3, -0.25) is 0 Å². The van der Waals surface area contributed by atoms with E-state index in [0.29, 0.717) is 12.4 Å². The molecular formula is C9H7F3N2O. The van der Waals surface area contributed by atoms with Gasteiger partial charge in [0.05, 0.1) is 5.69 Å². The van der Waals surface area contributed by atoms with Crippen molar-refractivity contribution < 1.29 is 18.3 Å². The highest BCUT2D eigenvalue weighted by Crippen LogP contribution is 2.29. The summed E-state index contributed by atoms with van der Waals surface area (Å²) in [5, 5.41) is 9.49. The number of hydrogen-bond acceptors (Lipinski definition) is 3. The molecule has 3 nitrogen and oxygen atoms in total. The Morgan fingerprint density at radius 3 is 2.33 bits per heavy atom. The highest BCUT2D eigenvalue weighted by molar-refractivity contribution is 5.24. The van der Waals surface area contributed by atoms with Crippen LogP contribution in [0.1, 0.15) is 18.3 Å². The van der Waals surface area contributed by atoms with Crippen molar-refractivity contribution in [3.05, 3.63) is 23.8 Å². The average molecular weight is 216 g/mol. The molecule has 15 heavy (non-hydrogen) atoms. The van der Waals surface area contributed by atoms with Crippen LogP contribution in [0.15, 0.2) is 12.4 Å². The van der Waals surface area contributed by atoms with Crippen LogP contribution in [0.4, 0.5) is 13.2 Å². The standard InChI is InChI=1S/C9H7F3N2O/c1-3-8(2,15)6-4-7(9(10,11)12)14-5-13-6/h1,4-5,15H,2H3. The molecule has 0 fully saturated rings. The number of terminal acetylenes is 1. The molecule has 0 aromatic carbocycles. The summed E-state index contributed by atoms with van der Waals surface area (Å²) in [6, 6.07) is 0.625. The van der Waals surface area contributed by atoms with Gasteiger partial charge in [-0.05, 0) is 13.0 Å². The normalized spacial score (nSPS) is 15.5. The van der Waals surface area contributed by atoms with Crippen LogP contribution in [0.25, 0.3) is 0 Å². The van der Waals surface area contributed by atoms with E-state index in [9.17, 15) is 18.3 Å². The maximum Gasteiger partial charge on any atom is 0.433 e. The van der Waals surface area contributed by atoms with Gasteiger partial charge in [-0.1, -0.05) is 5.92 Å². The van der Waals surface area contributed by atoms with Crippen LogP contribution in [0.5, 0.6) is 0 Å². The van der Waals surface area contributed by atoms with Crippen LogP contribution in [0, 0.1) is 12.3 Å². The molecule has 0 saturated heterocycles. The molecule has 80 valence electrons. The van der Waals surface area contributed by atoms with Crippen LogP contribution in [-0.2, 0) is 11.8 Å². The van der Waals surface area contributed by atoms with E-state index in [2.05, 4.69) is 9.97 Å². The third-order valence-electron chi connectivity index (χ3n) is 1.74. The molecule has 0 bridgehead atoms. The van der Waals surface area contributed by atoms with E-state index in [1.807, 2.05) is 5.92 Å². The summed E-state index contributed by atoms with van der Waals surface area (Å²) in [6.07, 6.45) is 1.09. The van der Waals surface area contributed by atoms with Crippen molar-refractivity contribution in [3.63, 3.8) is 0 Å². The Morgan fingerprint density at radius 2 is 1.87 bits per heavy atom. The summed E-state index contributed by atoms with van der Waals surface area (Å²) >= 11 is 0. The van der Waals surface area contributed by atoms with Crippen molar-refractivity contribution in [2.45, 2.75) is 18.7 Å². The molecule has 0 saturated carbocycles. The van der Waals surface area contributed by atoms with Gasteiger partial charge in [0.25, 0.3) is 0 Å². The van der Waals surface area contributed by atoms with Gasteiger partial charge in [0.15, 0.2) is 5.60 Å². The van der Waals surface area contributed by atoms with Crippen molar-refractivity contribution in [2.24, 2.45) is 0 Å². The molecule has 0 aliphatic heterocycles. The number of hydrogen-bond donors (Lipinski definition) is 1. The van der Waals surface area contributed by atoms with Gasteiger partial charge in [-0.2, -0.15) is 13.2 Å². The molecule has 0 amide bonds. The number of rotatable bonds is 1. The molecule has 6 heteroatoms. The molecule has 1 atom stereocenters. The van der Waals surface area contributed by atoms with E-state index in [0.717, 1.165) is 0 Å². The Morgan fingerprint density at radius 1 is 1.33 bits per heavy atom. The molecule has 0 aliphatic carbocycles. The van der Waals surface area contributed by atoms with Gasteiger partial charge in [-0.15, -0.1) is 6.42 Å². The summed E-state index contributed by atoms with van der Waals surface area (Å²) in [6.45, 7) is 1.18. The molecule has 1 aromatic rings. The lowest BCUT2D eigenvalue weighted by atomic mass is 10.0. The first-order chi connectivity index (χ1) is 6.77. The van der Waals surface area contributed by atoms with E-state index in [4.69, 9.17) is 6.42 Å². The molecular weight excluding hydrogens is 209 g/mol. The third-order valence-corrected chi connectivity index (χ3v) is 1.74. The van der Waals surface area contributed by atoms with Crippen molar-refractivity contribution in [3.8, 4) is 12.3 Å². The van der Waals surface area contributed by atoms with Crippen LogP contribution in [0.3, 0.4) is 0 Å². The fourth-order valence-electron chi connectivity index (χ4n) is 0.852. The quantitative estimate of drug-likeness (QED) is 0.720. The van der Waals surface area contributed by atoms with Crippen molar-refractivity contribution in [1.82, 2.24) is 9.97 Å². The minimum Gasteiger partial charge on any atom is -0.372 e. The van der Waals surface area contributed by atoms with E-state index in [1.54, 1.807) is 0 Å². The maximum absolute atomic E-state index is 12.2. The molecule has 0 aliphatic rings. The van der Waals surface area contributed by atoms with Crippen LogP contribution < -0.4 is 0 Å². The lowest BCUT2D eigenvalue weighted by Gasteiger charge is -2.16. The van der Waals surface area contributed by atoms with Crippen LogP contribution in [0.2, 0.25) is 0 Å². The lowest BCUT2D eigenvalue weighted by molar-refractivity contribution is -0.141. The predicted molar refractivity (Wildman–Crippen MR) is 45.4 cm³/mol. The zero-order valence-electron chi connectivity index (χ0n) is 7.71. The van der Waals surface area contributed by atoms with E-state index in [-0.39, 0.29) is 5.69 Å². The van der Waals surface area contributed by atoms with Crippen LogP contribution >= 0.6 is 0 Å². The van der Waals surface area contributed by atoms with E-state index >= 15 is 0 Å². The second kappa shape index (κ2) is 3.51. The minimum absolute atomic E-state index is 0.257. The molecule has 1 rings (SSSR count). The first-order valence-electron chi connectivity index (χ1n) is 3.87. The highest BCUT2D eigenvalue weighted by atomic mass is 19.4. The largest absolute Gasteiger partial charge is 0.433 e. The average Bonchev–Trinajstić information content (AvgIpc) is 2.17. The summed E-state index contributed by atoms with van der Waals surface area (Å²) in [7, 11) is 0. The fraction of sp³-hybridized carbons (Fsp3) is 0.333. The Kier molecular flexibility index (Phi) is 2.69. The fourth-order valence-corrected chi connectivity index (χ4v) is 0.852. The molecule has 1 aromatic heterocycles. The summed E-state index contributed by atoms with van der Waals surface area (Å²) in [5.41, 5.74) is -3.22. The Hall–Kier alpha value is -1.61. The molecule has 0 spiro atoms. The molecule has 0 radical (unpaired) electrons. The van der Waals surface area contributed by atoms with Gasteiger partial charge in [0.2, 0.25) is 0 Å². The molecule has 1 N–H and O–H groups in total. The highest BCUT2D eigenvalue weighted by Gasteiger charge is 2.34. The van der Waals surface area contributed by atoms with E-state index < -0.39 is 17.5 Å².